The smallest absolute Gasteiger partial charge is 0.272 e. The zero-order chi connectivity index (χ0) is 14.8. The second kappa shape index (κ2) is 5.69. The first-order chi connectivity index (χ1) is 10.1. The Labute approximate surface area is 122 Å². The minimum atomic E-state index is -0.129. The van der Waals surface area contributed by atoms with Crippen LogP contribution in [0.25, 0.3) is 0 Å². The van der Waals surface area contributed by atoms with Crippen LogP contribution in [0.3, 0.4) is 0 Å². The molecule has 112 valence electrons. The van der Waals surface area contributed by atoms with E-state index in [1.807, 2.05) is 19.9 Å². The third-order valence-corrected chi connectivity index (χ3v) is 3.67. The summed E-state index contributed by atoms with van der Waals surface area (Å²) in [6.45, 7) is 5.55. The predicted molar refractivity (Wildman–Crippen MR) is 78.0 cm³/mol. The maximum Gasteiger partial charge on any atom is 0.272 e. The van der Waals surface area contributed by atoms with E-state index in [2.05, 4.69) is 31.0 Å². The van der Waals surface area contributed by atoms with Crippen LogP contribution in [-0.2, 0) is 19.4 Å². The van der Waals surface area contributed by atoms with Gasteiger partial charge in [-0.1, -0.05) is 0 Å². The van der Waals surface area contributed by atoms with Gasteiger partial charge in [-0.3, -0.25) is 15.0 Å². The molecular formula is C14H20N6O. The van der Waals surface area contributed by atoms with Crippen LogP contribution < -0.4 is 10.6 Å². The van der Waals surface area contributed by atoms with Crippen LogP contribution in [0.15, 0.2) is 6.07 Å². The van der Waals surface area contributed by atoms with Gasteiger partial charge in [0.2, 0.25) is 0 Å². The van der Waals surface area contributed by atoms with E-state index < -0.39 is 0 Å². The highest BCUT2D eigenvalue weighted by molar-refractivity contribution is 5.94. The van der Waals surface area contributed by atoms with Crippen molar-refractivity contribution in [3.63, 3.8) is 0 Å². The zero-order valence-corrected chi connectivity index (χ0v) is 12.3. The molecule has 2 aromatic rings. The average molecular weight is 288 g/mol. The fourth-order valence-electron chi connectivity index (χ4n) is 2.65. The van der Waals surface area contributed by atoms with Crippen LogP contribution in [0.2, 0.25) is 0 Å². The molecule has 0 bridgehead atoms. The third-order valence-electron chi connectivity index (χ3n) is 3.67. The largest absolute Gasteiger partial charge is 0.348 e. The van der Waals surface area contributed by atoms with Gasteiger partial charge in [-0.25, -0.2) is 0 Å². The molecule has 1 unspecified atom stereocenters. The monoisotopic (exact) mass is 288 g/mol. The molecule has 0 radical (unpaired) electrons. The quantitative estimate of drug-likeness (QED) is 0.656. The number of H-pyrrole nitrogens is 2. The lowest BCUT2D eigenvalue weighted by Gasteiger charge is -2.15. The standard InChI is InChI=1S/C14H20N6O/c1-8(5-10-6-9(2)17-18-10)16-14(21)13-11-7-15-4-3-12(11)19-20-13/h6,8,15H,3-5,7H2,1-2H3,(H,16,21)(H,17,18)(H,19,20). The van der Waals surface area contributed by atoms with Gasteiger partial charge in [-0.2, -0.15) is 10.2 Å². The van der Waals surface area contributed by atoms with Crippen LogP contribution in [0.5, 0.6) is 0 Å². The number of rotatable bonds is 4. The van der Waals surface area contributed by atoms with Gasteiger partial charge in [0.15, 0.2) is 5.69 Å². The molecule has 0 aromatic carbocycles. The van der Waals surface area contributed by atoms with Gasteiger partial charge in [-0.05, 0) is 19.9 Å². The Morgan fingerprint density at radius 1 is 1.43 bits per heavy atom. The normalized spacial score (nSPS) is 15.5. The first-order valence-corrected chi connectivity index (χ1v) is 7.22. The molecule has 7 heteroatoms. The van der Waals surface area contributed by atoms with Gasteiger partial charge in [-0.15, -0.1) is 0 Å². The van der Waals surface area contributed by atoms with Crippen LogP contribution in [0, 0.1) is 6.92 Å². The summed E-state index contributed by atoms with van der Waals surface area (Å²) in [6, 6.07) is 1.99. The zero-order valence-electron chi connectivity index (χ0n) is 12.3. The van der Waals surface area contributed by atoms with Crippen LogP contribution in [0.1, 0.15) is 40.1 Å². The molecule has 3 rings (SSSR count). The van der Waals surface area contributed by atoms with Gasteiger partial charge in [0.05, 0.1) is 5.69 Å². The molecular weight excluding hydrogens is 268 g/mol. The molecule has 0 saturated heterocycles. The van der Waals surface area contributed by atoms with Crippen LogP contribution in [0.4, 0.5) is 0 Å². The van der Waals surface area contributed by atoms with Crippen molar-refractivity contribution in [3.8, 4) is 0 Å². The number of amides is 1. The van der Waals surface area contributed by atoms with E-state index in [-0.39, 0.29) is 11.9 Å². The van der Waals surface area contributed by atoms with Crippen molar-refractivity contribution in [1.82, 2.24) is 31.0 Å². The summed E-state index contributed by atoms with van der Waals surface area (Å²) in [6.07, 6.45) is 1.58. The van der Waals surface area contributed by atoms with Gasteiger partial charge < -0.3 is 10.6 Å². The minimum Gasteiger partial charge on any atom is -0.348 e. The van der Waals surface area contributed by atoms with Crippen molar-refractivity contribution >= 4 is 5.91 Å². The van der Waals surface area contributed by atoms with E-state index in [9.17, 15) is 4.79 Å². The van der Waals surface area contributed by atoms with Crippen molar-refractivity contribution in [2.24, 2.45) is 0 Å². The molecule has 0 aliphatic carbocycles. The Bertz CT molecular complexity index is 644. The Morgan fingerprint density at radius 2 is 2.29 bits per heavy atom. The van der Waals surface area contributed by atoms with Crippen molar-refractivity contribution in [1.29, 1.82) is 0 Å². The summed E-state index contributed by atoms with van der Waals surface area (Å²) in [5, 5.41) is 20.5. The second-order valence-corrected chi connectivity index (χ2v) is 5.58. The maximum atomic E-state index is 12.3. The first kappa shape index (κ1) is 13.8. The average Bonchev–Trinajstić information content (AvgIpc) is 3.04. The second-order valence-electron chi connectivity index (χ2n) is 5.58. The number of fused-ring (bicyclic) bond motifs is 1. The van der Waals surface area contributed by atoms with Gasteiger partial charge in [0.25, 0.3) is 5.91 Å². The minimum absolute atomic E-state index is 0.00380. The molecule has 3 heterocycles. The number of carbonyl (C=O) groups is 1. The Hall–Kier alpha value is -2.15. The molecule has 21 heavy (non-hydrogen) atoms. The summed E-state index contributed by atoms with van der Waals surface area (Å²) < 4.78 is 0. The highest BCUT2D eigenvalue weighted by Gasteiger charge is 2.22. The third kappa shape index (κ3) is 2.97. The summed E-state index contributed by atoms with van der Waals surface area (Å²) in [4.78, 5) is 12.3. The molecule has 2 aromatic heterocycles. The van der Waals surface area contributed by atoms with E-state index in [1.54, 1.807) is 0 Å². The lowest BCUT2D eigenvalue weighted by Crippen LogP contribution is -2.35. The Balaban J connectivity index is 1.64. The lowest BCUT2D eigenvalue weighted by molar-refractivity contribution is 0.0933. The SMILES string of the molecule is Cc1cc(CC(C)NC(=O)c2n[nH]c3c2CNCC3)n[nH]1. The van der Waals surface area contributed by atoms with Gasteiger partial charge in [0, 0.05) is 48.9 Å². The van der Waals surface area contributed by atoms with E-state index in [0.717, 1.165) is 35.6 Å². The number of nitrogens with zero attached hydrogens (tertiary/aromatic N) is 2. The number of carbonyl (C=O) groups excluding carboxylic acids is 1. The van der Waals surface area contributed by atoms with Crippen LogP contribution in [-0.4, -0.2) is 38.9 Å². The number of hydrogen-bond acceptors (Lipinski definition) is 4. The topological polar surface area (TPSA) is 98.5 Å². The Morgan fingerprint density at radius 3 is 3.05 bits per heavy atom. The number of hydrogen-bond donors (Lipinski definition) is 4. The van der Waals surface area contributed by atoms with Gasteiger partial charge in [0.1, 0.15) is 0 Å². The van der Waals surface area contributed by atoms with E-state index >= 15 is 0 Å². The molecule has 7 nitrogen and oxygen atoms in total. The molecule has 1 amide bonds. The Kier molecular flexibility index (Phi) is 3.74. The fraction of sp³-hybridized carbons (Fsp3) is 0.500. The molecule has 0 fully saturated rings. The highest BCUT2D eigenvalue weighted by atomic mass is 16.2. The summed E-state index contributed by atoms with van der Waals surface area (Å²) in [7, 11) is 0. The molecule has 0 saturated carbocycles. The maximum absolute atomic E-state index is 12.3. The van der Waals surface area contributed by atoms with Crippen LogP contribution >= 0.6 is 0 Å². The number of nitrogens with one attached hydrogen (secondary N) is 4. The molecule has 1 aliphatic rings. The summed E-state index contributed by atoms with van der Waals surface area (Å²) in [5.41, 5.74) is 4.53. The van der Waals surface area contributed by atoms with E-state index in [4.69, 9.17) is 0 Å². The lowest BCUT2D eigenvalue weighted by atomic mass is 10.1. The summed E-state index contributed by atoms with van der Waals surface area (Å²) in [5.74, 6) is -0.129. The number of aromatic amines is 2. The van der Waals surface area contributed by atoms with E-state index in [0.29, 0.717) is 18.7 Å². The molecule has 0 spiro atoms. The fourth-order valence-corrected chi connectivity index (χ4v) is 2.65. The van der Waals surface area contributed by atoms with Crippen molar-refractivity contribution < 1.29 is 4.79 Å². The number of aryl methyl sites for hydroxylation is 1. The molecule has 1 aliphatic heterocycles. The van der Waals surface area contributed by atoms with Gasteiger partial charge >= 0.3 is 0 Å². The summed E-state index contributed by atoms with van der Waals surface area (Å²) >= 11 is 0. The van der Waals surface area contributed by atoms with Crippen molar-refractivity contribution in [2.45, 2.75) is 39.3 Å². The molecule has 4 N–H and O–H groups in total. The first-order valence-electron chi connectivity index (χ1n) is 7.22. The van der Waals surface area contributed by atoms with Crippen molar-refractivity contribution in [2.75, 3.05) is 6.54 Å². The van der Waals surface area contributed by atoms with E-state index in [1.165, 1.54) is 0 Å². The van der Waals surface area contributed by atoms with Crippen molar-refractivity contribution in [3.05, 3.63) is 34.4 Å². The number of aromatic nitrogens is 4. The predicted octanol–water partition coefficient (Wildman–Crippen LogP) is 0.448. The highest BCUT2D eigenvalue weighted by Crippen LogP contribution is 2.15. The molecule has 1 atom stereocenters.